The summed E-state index contributed by atoms with van der Waals surface area (Å²) in [5.74, 6) is 0. The van der Waals surface area contributed by atoms with Crippen molar-refractivity contribution >= 4 is 0 Å². The lowest BCUT2D eigenvalue weighted by Gasteiger charge is -2.43. The second-order valence-electron chi connectivity index (χ2n) is 6.27. The average molecular weight is 202 g/mol. The van der Waals surface area contributed by atoms with Gasteiger partial charge in [0.25, 0.3) is 0 Å². The van der Waals surface area contributed by atoms with Gasteiger partial charge in [-0.25, -0.2) is 0 Å². The molecule has 0 saturated carbocycles. The van der Waals surface area contributed by atoms with Crippen LogP contribution in [0, 0.1) is 5.41 Å². The maximum absolute atomic E-state index is 10.4. The van der Waals surface area contributed by atoms with Crippen molar-refractivity contribution in [3.8, 4) is 0 Å². The minimum Gasteiger partial charge on any atom is -0.387 e. The molecule has 0 aromatic carbocycles. The van der Waals surface area contributed by atoms with Gasteiger partial charge in [0, 0.05) is 0 Å². The predicted octanol–water partition coefficient (Wildman–Crippen LogP) is 2.99. The third kappa shape index (κ3) is 3.58. The molecule has 14 heavy (non-hydrogen) atoms. The van der Waals surface area contributed by atoms with E-state index in [1.165, 1.54) is 0 Å². The molecule has 0 heterocycles. The normalized spacial score (nSPS) is 20.4. The van der Waals surface area contributed by atoms with Crippen molar-refractivity contribution in [1.29, 1.82) is 0 Å². The molecule has 0 saturated heterocycles. The van der Waals surface area contributed by atoms with Crippen LogP contribution in [0.3, 0.4) is 0 Å². The predicted molar refractivity (Wildman–Crippen MR) is 60.4 cm³/mol. The van der Waals surface area contributed by atoms with E-state index in [1.54, 1.807) is 0 Å². The third-order valence-electron chi connectivity index (χ3n) is 2.84. The van der Waals surface area contributed by atoms with E-state index in [1.807, 2.05) is 55.4 Å². The lowest BCUT2D eigenvalue weighted by atomic mass is 9.74. The Labute approximate surface area is 88.7 Å². The Kier molecular flexibility index (Phi) is 3.80. The summed E-state index contributed by atoms with van der Waals surface area (Å²) < 4.78 is 5.78. The molecule has 0 radical (unpaired) electrons. The van der Waals surface area contributed by atoms with E-state index in [2.05, 4.69) is 0 Å². The fourth-order valence-electron chi connectivity index (χ4n) is 1.25. The van der Waals surface area contributed by atoms with Gasteiger partial charge in [-0.05, 0) is 40.0 Å². The molecule has 0 spiro atoms. The van der Waals surface area contributed by atoms with Crippen molar-refractivity contribution in [2.24, 2.45) is 5.41 Å². The molecular formula is C12H26O2. The second-order valence-corrected chi connectivity index (χ2v) is 6.27. The Morgan fingerprint density at radius 3 is 1.50 bits per heavy atom. The van der Waals surface area contributed by atoms with Gasteiger partial charge in [0.2, 0.25) is 0 Å². The van der Waals surface area contributed by atoms with Gasteiger partial charge in [0.05, 0.1) is 17.3 Å². The van der Waals surface area contributed by atoms with Crippen LogP contribution < -0.4 is 0 Å². The summed E-state index contributed by atoms with van der Waals surface area (Å²) in [6.07, 6.45) is -0.178. The van der Waals surface area contributed by atoms with Crippen molar-refractivity contribution in [2.75, 3.05) is 0 Å². The topological polar surface area (TPSA) is 29.5 Å². The standard InChI is InChI=1S/C12H26O2/c1-9(14-11(5,6)7)12(8,13)10(2,3)4/h9,13H,1-8H3. The Balaban J connectivity index is 4.61. The van der Waals surface area contributed by atoms with E-state index in [-0.39, 0.29) is 17.1 Å². The smallest absolute Gasteiger partial charge is 0.0925 e. The first kappa shape index (κ1) is 13.9. The highest BCUT2D eigenvalue weighted by Crippen LogP contribution is 2.35. The van der Waals surface area contributed by atoms with E-state index >= 15 is 0 Å². The highest BCUT2D eigenvalue weighted by molar-refractivity contribution is 4.92. The molecule has 2 unspecified atom stereocenters. The zero-order valence-corrected chi connectivity index (χ0v) is 10.9. The van der Waals surface area contributed by atoms with E-state index < -0.39 is 5.60 Å². The molecular weight excluding hydrogens is 176 g/mol. The van der Waals surface area contributed by atoms with E-state index in [0.29, 0.717) is 0 Å². The number of hydrogen-bond acceptors (Lipinski definition) is 2. The summed E-state index contributed by atoms with van der Waals surface area (Å²) in [4.78, 5) is 0. The summed E-state index contributed by atoms with van der Waals surface area (Å²) in [5.41, 5.74) is -1.22. The summed E-state index contributed by atoms with van der Waals surface area (Å²) in [6.45, 7) is 15.8. The van der Waals surface area contributed by atoms with Crippen LogP contribution in [-0.4, -0.2) is 22.4 Å². The molecule has 0 aliphatic rings. The Bertz CT molecular complexity index is 181. The molecule has 2 nitrogen and oxygen atoms in total. The largest absolute Gasteiger partial charge is 0.387 e. The molecule has 0 aliphatic carbocycles. The minimum atomic E-state index is -0.819. The van der Waals surface area contributed by atoms with Crippen LogP contribution in [0.1, 0.15) is 55.4 Å². The third-order valence-corrected chi connectivity index (χ3v) is 2.84. The lowest BCUT2D eigenvalue weighted by Crippen LogP contribution is -2.51. The van der Waals surface area contributed by atoms with Gasteiger partial charge in [0.1, 0.15) is 0 Å². The maximum atomic E-state index is 10.4. The van der Waals surface area contributed by atoms with Gasteiger partial charge in [0.15, 0.2) is 0 Å². The minimum absolute atomic E-state index is 0.178. The van der Waals surface area contributed by atoms with Gasteiger partial charge < -0.3 is 9.84 Å². The number of hydrogen-bond donors (Lipinski definition) is 1. The molecule has 0 aliphatic heterocycles. The Morgan fingerprint density at radius 2 is 1.29 bits per heavy atom. The first-order valence-corrected chi connectivity index (χ1v) is 5.28. The fourth-order valence-corrected chi connectivity index (χ4v) is 1.25. The van der Waals surface area contributed by atoms with Gasteiger partial charge >= 0.3 is 0 Å². The first-order chi connectivity index (χ1) is 5.88. The van der Waals surface area contributed by atoms with Crippen molar-refractivity contribution in [1.82, 2.24) is 0 Å². The second kappa shape index (κ2) is 3.82. The van der Waals surface area contributed by atoms with Gasteiger partial charge in [-0.15, -0.1) is 0 Å². The summed E-state index contributed by atoms with van der Waals surface area (Å²) in [7, 11) is 0. The number of aliphatic hydroxyl groups is 1. The van der Waals surface area contributed by atoms with Crippen molar-refractivity contribution in [2.45, 2.75) is 72.7 Å². The molecule has 0 aromatic heterocycles. The highest BCUT2D eigenvalue weighted by atomic mass is 16.5. The van der Waals surface area contributed by atoms with Crippen LogP contribution in [0.25, 0.3) is 0 Å². The first-order valence-electron chi connectivity index (χ1n) is 5.28. The summed E-state index contributed by atoms with van der Waals surface area (Å²) in [6, 6.07) is 0. The van der Waals surface area contributed by atoms with Crippen molar-refractivity contribution < 1.29 is 9.84 Å². The number of rotatable bonds is 2. The quantitative estimate of drug-likeness (QED) is 0.746. The van der Waals surface area contributed by atoms with Crippen molar-refractivity contribution in [3.05, 3.63) is 0 Å². The molecule has 2 atom stereocenters. The van der Waals surface area contributed by atoms with Crippen LogP contribution in [0.15, 0.2) is 0 Å². The van der Waals surface area contributed by atoms with E-state index in [0.717, 1.165) is 0 Å². The van der Waals surface area contributed by atoms with Crippen LogP contribution >= 0.6 is 0 Å². The van der Waals surface area contributed by atoms with Gasteiger partial charge in [-0.2, -0.15) is 0 Å². The Hall–Kier alpha value is -0.0800. The van der Waals surface area contributed by atoms with Crippen LogP contribution in [0.4, 0.5) is 0 Å². The zero-order chi connectivity index (χ0) is 11.8. The molecule has 0 aromatic rings. The van der Waals surface area contributed by atoms with Crippen LogP contribution in [0.5, 0.6) is 0 Å². The van der Waals surface area contributed by atoms with Gasteiger partial charge in [-0.3, -0.25) is 0 Å². The zero-order valence-electron chi connectivity index (χ0n) is 10.9. The number of ether oxygens (including phenoxy) is 1. The molecule has 0 rings (SSSR count). The van der Waals surface area contributed by atoms with Crippen LogP contribution in [0.2, 0.25) is 0 Å². The summed E-state index contributed by atoms with van der Waals surface area (Å²) in [5, 5.41) is 10.4. The highest BCUT2D eigenvalue weighted by Gasteiger charge is 2.42. The Morgan fingerprint density at radius 1 is 0.929 bits per heavy atom. The van der Waals surface area contributed by atoms with E-state index in [4.69, 9.17) is 4.74 Å². The SMILES string of the molecule is CC(OC(C)(C)C)C(C)(O)C(C)(C)C. The van der Waals surface area contributed by atoms with Crippen LogP contribution in [-0.2, 0) is 4.74 Å². The lowest BCUT2D eigenvalue weighted by molar-refractivity contribution is -0.182. The maximum Gasteiger partial charge on any atom is 0.0925 e. The van der Waals surface area contributed by atoms with E-state index in [9.17, 15) is 5.11 Å². The fraction of sp³-hybridized carbons (Fsp3) is 1.00. The molecule has 86 valence electrons. The van der Waals surface area contributed by atoms with Crippen molar-refractivity contribution in [3.63, 3.8) is 0 Å². The molecule has 0 fully saturated rings. The molecule has 2 heteroatoms. The molecule has 0 amide bonds. The molecule has 1 N–H and O–H groups in total. The van der Waals surface area contributed by atoms with Gasteiger partial charge in [-0.1, -0.05) is 20.8 Å². The average Bonchev–Trinajstić information content (AvgIpc) is 1.80. The molecule has 0 bridgehead atoms. The monoisotopic (exact) mass is 202 g/mol. The summed E-state index contributed by atoms with van der Waals surface area (Å²) >= 11 is 0.